The molecule has 7 heteroatoms. The van der Waals surface area contributed by atoms with Crippen LogP contribution >= 0.6 is 0 Å². The largest absolute Gasteiger partial charge is 0.474 e. The fourth-order valence-electron chi connectivity index (χ4n) is 2.68. The molecule has 2 amide bonds. The first-order chi connectivity index (χ1) is 11.8. The summed E-state index contributed by atoms with van der Waals surface area (Å²) in [5.41, 5.74) is 6.33. The fourth-order valence-corrected chi connectivity index (χ4v) is 2.68. The summed E-state index contributed by atoms with van der Waals surface area (Å²) < 4.78 is 5.69. The monoisotopic (exact) mass is 340 g/mol. The summed E-state index contributed by atoms with van der Waals surface area (Å²) in [4.78, 5) is 30.6. The predicted octanol–water partition coefficient (Wildman–Crippen LogP) is 2.11. The molecule has 0 radical (unpaired) electrons. The van der Waals surface area contributed by atoms with E-state index in [1.54, 1.807) is 32.0 Å². The lowest BCUT2D eigenvalue weighted by Gasteiger charge is -2.37. The highest BCUT2D eigenvalue weighted by Gasteiger charge is 2.42. The van der Waals surface area contributed by atoms with Crippen molar-refractivity contribution in [2.24, 2.45) is 0 Å². The minimum Gasteiger partial charge on any atom is -0.474 e. The van der Waals surface area contributed by atoms with Crippen LogP contribution in [0.5, 0.6) is 5.75 Å². The molecule has 0 saturated heterocycles. The molecule has 130 valence electrons. The second kappa shape index (κ2) is 6.08. The predicted molar refractivity (Wildman–Crippen MR) is 95.5 cm³/mol. The van der Waals surface area contributed by atoms with Crippen LogP contribution in [0.25, 0.3) is 0 Å². The molecule has 1 aliphatic rings. The second-order valence-electron chi connectivity index (χ2n) is 6.48. The lowest BCUT2D eigenvalue weighted by Crippen LogP contribution is -2.54. The van der Waals surface area contributed by atoms with Crippen molar-refractivity contribution in [1.29, 1.82) is 0 Å². The number of nitrogens with one attached hydrogen (secondary N) is 1. The van der Waals surface area contributed by atoms with E-state index in [0.717, 1.165) is 5.56 Å². The molecule has 0 saturated carbocycles. The number of rotatable bonds is 3. The van der Waals surface area contributed by atoms with E-state index in [1.807, 2.05) is 25.1 Å². The van der Waals surface area contributed by atoms with Gasteiger partial charge < -0.3 is 15.8 Å². The van der Waals surface area contributed by atoms with Gasteiger partial charge in [0, 0.05) is 5.69 Å². The number of aryl methyl sites for hydroxylation is 1. The Labute approximate surface area is 145 Å². The molecule has 1 aliphatic heterocycles. The number of nitrogens with two attached hydrogens (primary N) is 1. The topological polar surface area (TPSA) is 97.5 Å². The lowest BCUT2D eigenvalue weighted by atomic mass is 10.1. The number of nitrogens with zero attached hydrogens (tertiary/aromatic N) is 2. The first kappa shape index (κ1) is 16.8. The smallest absolute Gasteiger partial charge is 0.272 e. The van der Waals surface area contributed by atoms with E-state index in [-0.39, 0.29) is 30.0 Å². The molecule has 3 N–H and O–H groups in total. The van der Waals surface area contributed by atoms with Gasteiger partial charge in [0.15, 0.2) is 17.2 Å². The maximum atomic E-state index is 12.7. The Morgan fingerprint density at radius 1 is 1.32 bits per heavy atom. The van der Waals surface area contributed by atoms with Gasteiger partial charge in [-0.1, -0.05) is 12.1 Å². The number of ether oxygens (including phenoxy) is 1. The molecule has 25 heavy (non-hydrogen) atoms. The summed E-state index contributed by atoms with van der Waals surface area (Å²) in [6, 6.07) is 10.7. The number of aromatic nitrogens is 1. The highest BCUT2D eigenvalue weighted by Crippen LogP contribution is 2.36. The van der Waals surface area contributed by atoms with Crippen LogP contribution in [0.3, 0.4) is 0 Å². The van der Waals surface area contributed by atoms with Crippen molar-refractivity contribution in [2.75, 3.05) is 22.5 Å². The second-order valence-corrected chi connectivity index (χ2v) is 6.48. The van der Waals surface area contributed by atoms with E-state index in [1.165, 1.54) is 4.90 Å². The normalized spacial score (nSPS) is 15.3. The molecule has 0 spiro atoms. The fraction of sp³-hybridized carbons (Fsp3) is 0.278. The molecule has 0 unspecified atom stereocenters. The van der Waals surface area contributed by atoms with Gasteiger partial charge in [0.2, 0.25) is 5.91 Å². The molecule has 1 aromatic heterocycles. The van der Waals surface area contributed by atoms with E-state index < -0.39 is 5.60 Å². The van der Waals surface area contributed by atoms with Crippen molar-refractivity contribution >= 4 is 29.1 Å². The SMILES string of the molecule is Cc1cccc(NC(=O)CN2C(=O)C(C)(C)Oc3ccc(N)nc32)c1. The maximum Gasteiger partial charge on any atom is 0.272 e. The molecule has 0 fully saturated rings. The Hall–Kier alpha value is -3.09. The van der Waals surface area contributed by atoms with Crippen molar-refractivity contribution in [3.63, 3.8) is 0 Å². The van der Waals surface area contributed by atoms with Crippen LogP contribution in [0.1, 0.15) is 19.4 Å². The Morgan fingerprint density at radius 3 is 2.80 bits per heavy atom. The number of carbonyl (C=O) groups excluding carboxylic acids is 2. The van der Waals surface area contributed by atoms with Gasteiger partial charge in [0.1, 0.15) is 12.4 Å². The average Bonchev–Trinajstić information content (AvgIpc) is 2.52. The van der Waals surface area contributed by atoms with Crippen molar-refractivity contribution in [2.45, 2.75) is 26.4 Å². The number of anilines is 3. The first-order valence-corrected chi connectivity index (χ1v) is 7.90. The van der Waals surface area contributed by atoms with Crippen LogP contribution in [0.4, 0.5) is 17.3 Å². The summed E-state index contributed by atoms with van der Waals surface area (Å²) >= 11 is 0. The van der Waals surface area contributed by atoms with Crippen LogP contribution in [0.2, 0.25) is 0 Å². The summed E-state index contributed by atoms with van der Waals surface area (Å²) in [7, 11) is 0. The van der Waals surface area contributed by atoms with E-state index >= 15 is 0 Å². The Bertz CT molecular complexity index is 848. The quantitative estimate of drug-likeness (QED) is 0.892. The Balaban J connectivity index is 1.86. The van der Waals surface area contributed by atoms with Crippen LogP contribution in [0.15, 0.2) is 36.4 Å². The minimum absolute atomic E-state index is 0.178. The number of hydrogen-bond donors (Lipinski definition) is 2. The van der Waals surface area contributed by atoms with Gasteiger partial charge in [-0.05, 0) is 50.6 Å². The number of hydrogen-bond acceptors (Lipinski definition) is 5. The van der Waals surface area contributed by atoms with Crippen molar-refractivity contribution in [1.82, 2.24) is 4.98 Å². The van der Waals surface area contributed by atoms with Gasteiger partial charge in [-0.2, -0.15) is 0 Å². The third-order valence-electron chi connectivity index (χ3n) is 3.85. The van der Waals surface area contributed by atoms with Gasteiger partial charge in [0.05, 0.1) is 0 Å². The molecular formula is C18H20N4O3. The summed E-state index contributed by atoms with van der Waals surface area (Å²) in [5, 5.41) is 2.79. The highest BCUT2D eigenvalue weighted by atomic mass is 16.5. The van der Waals surface area contributed by atoms with Crippen LogP contribution in [-0.2, 0) is 9.59 Å². The Morgan fingerprint density at radius 2 is 2.08 bits per heavy atom. The van der Waals surface area contributed by atoms with E-state index in [4.69, 9.17) is 10.5 Å². The average molecular weight is 340 g/mol. The minimum atomic E-state index is -1.09. The van der Waals surface area contributed by atoms with E-state index in [9.17, 15) is 9.59 Å². The molecular weight excluding hydrogens is 320 g/mol. The molecule has 3 rings (SSSR count). The van der Waals surface area contributed by atoms with Gasteiger partial charge in [-0.25, -0.2) is 4.98 Å². The van der Waals surface area contributed by atoms with E-state index in [0.29, 0.717) is 11.4 Å². The van der Waals surface area contributed by atoms with Crippen LogP contribution < -0.4 is 20.7 Å². The zero-order valence-corrected chi connectivity index (χ0v) is 14.4. The standard InChI is InChI=1S/C18H20N4O3/c1-11-5-4-6-12(9-11)20-15(23)10-22-16-13(7-8-14(19)21-16)25-18(2,3)17(22)24/h4-9H,10H2,1-3H3,(H2,19,21)(H,20,23). The maximum absolute atomic E-state index is 12.7. The lowest BCUT2D eigenvalue weighted by molar-refractivity contribution is -0.133. The number of nitrogen functional groups attached to an aromatic ring is 1. The molecule has 0 bridgehead atoms. The van der Waals surface area contributed by atoms with Gasteiger partial charge in [0.25, 0.3) is 5.91 Å². The first-order valence-electron chi connectivity index (χ1n) is 7.90. The zero-order valence-electron chi connectivity index (χ0n) is 14.4. The van der Waals surface area contributed by atoms with Crippen molar-refractivity contribution in [3.05, 3.63) is 42.0 Å². The number of benzene rings is 1. The molecule has 2 aromatic rings. The molecule has 0 atom stereocenters. The van der Waals surface area contributed by atoms with Gasteiger partial charge >= 0.3 is 0 Å². The summed E-state index contributed by atoms with van der Waals surface area (Å²) in [5.74, 6) is 0.245. The number of pyridine rings is 1. The van der Waals surface area contributed by atoms with Gasteiger partial charge in [-0.15, -0.1) is 0 Å². The highest BCUT2D eigenvalue weighted by molar-refractivity contribution is 6.07. The number of fused-ring (bicyclic) bond motifs is 1. The third kappa shape index (κ3) is 3.40. The number of amides is 2. The molecule has 1 aromatic carbocycles. The number of carbonyl (C=O) groups is 2. The third-order valence-corrected chi connectivity index (χ3v) is 3.85. The van der Waals surface area contributed by atoms with Crippen LogP contribution in [0, 0.1) is 6.92 Å². The van der Waals surface area contributed by atoms with Crippen LogP contribution in [-0.4, -0.2) is 28.9 Å². The Kier molecular flexibility index (Phi) is 4.08. The van der Waals surface area contributed by atoms with E-state index in [2.05, 4.69) is 10.3 Å². The van der Waals surface area contributed by atoms with Crippen molar-refractivity contribution in [3.8, 4) is 5.75 Å². The summed E-state index contributed by atoms with van der Waals surface area (Å²) in [6.45, 7) is 5.07. The van der Waals surface area contributed by atoms with Crippen molar-refractivity contribution < 1.29 is 14.3 Å². The van der Waals surface area contributed by atoms with Gasteiger partial charge in [-0.3, -0.25) is 14.5 Å². The molecule has 2 heterocycles. The molecule has 0 aliphatic carbocycles. The molecule has 7 nitrogen and oxygen atoms in total. The zero-order chi connectivity index (χ0) is 18.2. The summed E-state index contributed by atoms with van der Waals surface area (Å²) in [6.07, 6.45) is 0.